The highest BCUT2D eigenvalue weighted by atomic mass is 16.3. The minimum Gasteiger partial charge on any atom is -0.466 e. The van der Waals surface area contributed by atoms with Gasteiger partial charge >= 0.3 is 0 Å². The maximum atomic E-state index is 12.0. The Bertz CT molecular complexity index is 753. The Hall–Kier alpha value is -2.56. The number of pyridine rings is 1. The van der Waals surface area contributed by atoms with E-state index in [0.29, 0.717) is 24.3 Å². The van der Waals surface area contributed by atoms with E-state index >= 15 is 0 Å². The Labute approximate surface area is 122 Å². The van der Waals surface area contributed by atoms with Crippen molar-refractivity contribution in [3.05, 3.63) is 59.4 Å². The largest absolute Gasteiger partial charge is 0.466 e. The molecule has 21 heavy (non-hydrogen) atoms. The van der Waals surface area contributed by atoms with Crippen molar-refractivity contribution in [2.24, 2.45) is 0 Å². The van der Waals surface area contributed by atoms with Gasteiger partial charge in [-0.3, -0.25) is 4.79 Å². The van der Waals surface area contributed by atoms with Crippen LogP contribution in [0.25, 0.3) is 5.65 Å². The summed E-state index contributed by atoms with van der Waals surface area (Å²) in [6.45, 7) is 4.18. The number of hydrogen-bond acceptors (Lipinski definition) is 3. The van der Waals surface area contributed by atoms with Crippen molar-refractivity contribution in [2.45, 2.75) is 20.3 Å². The SMILES string of the molecule is Cc1cc(C(=O)NCCc2cn3ccccc3n2)c(C)o1. The number of nitrogens with one attached hydrogen (secondary N) is 1. The molecule has 0 radical (unpaired) electrons. The average Bonchev–Trinajstić information content (AvgIpc) is 3.01. The van der Waals surface area contributed by atoms with E-state index in [1.165, 1.54) is 0 Å². The van der Waals surface area contributed by atoms with Crippen LogP contribution in [0, 0.1) is 13.8 Å². The summed E-state index contributed by atoms with van der Waals surface area (Å²) in [5.74, 6) is 1.30. The third kappa shape index (κ3) is 2.81. The van der Waals surface area contributed by atoms with Crippen LogP contribution in [0.4, 0.5) is 0 Å². The van der Waals surface area contributed by atoms with Crippen molar-refractivity contribution in [1.29, 1.82) is 0 Å². The van der Waals surface area contributed by atoms with Crippen LogP contribution in [0.1, 0.15) is 27.6 Å². The summed E-state index contributed by atoms with van der Waals surface area (Å²) in [6, 6.07) is 7.64. The lowest BCUT2D eigenvalue weighted by atomic mass is 10.2. The molecule has 0 bridgehead atoms. The summed E-state index contributed by atoms with van der Waals surface area (Å²) in [6.07, 6.45) is 4.64. The predicted molar refractivity (Wildman–Crippen MR) is 79.4 cm³/mol. The van der Waals surface area contributed by atoms with E-state index < -0.39 is 0 Å². The van der Waals surface area contributed by atoms with Crippen LogP contribution in [0.5, 0.6) is 0 Å². The number of aryl methyl sites for hydroxylation is 2. The maximum Gasteiger partial charge on any atom is 0.254 e. The Morgan fingerprint density at radius 1 is 1.38 bits per heavy atom. The first-order valence-electron chi connectivity index (χ1n) is 6.91. The number of fused-ring (bicyclic) bond motifs is 1. The van der Waals surface area contributed by atoms with Crippen molar-refractivity contribution >= 4 is 11.6 Å². The van der Waals surface area contributed by atoms with Crippen molar-refractivity contribution in [3.63, 3.8) is 0 Å². The Kier molecular flexibility index (Phi) is 3.48. The summed E-state index contributed by atoms with van der Waals surface area (Å²) in [7, 11) is 0. The lowest BCUT2D eigenvalue weighted by Gasteiger charge is -2.02. The van der Waals surface area contributed by atoms with Crippen molar-refractivity contribution in [3.8, 4) is 0 Å². The Morgan fingerprint density at radius 3 is 2.95 bits per heavy atom. The van der Waals surface area contributed by atoms with Gasteiger partial charge < -0.3 is 14.1 Å². The molecule has 1 amide bonds. The highest BCUT2D eigenvalue weighted by Crippen LogP contribution is 2.13. The van der Waals surface area contributed by atoms with Gasteiger partial charge in [-0.1, -0.05) is 6.07 Å². The zero-order valence-electron chi connectivity index (χ0n) is 12.1. The van der Waals surface area contributed by atoms with E-state index in [1.807, 2.05) is 41.9 Å². The quantitative estimate of drug-likeness (QED) is 0.800. The van der Waals surface area contributed by atoms with Gasteiger partial charge in [0.15, 0.2) is 0 Å². The van der Waals surface area contributed by atoms with Crippen LogP contribution in [-0.2, 0) is 6.42 Å². The normalized spacial score (nSPS) is 11.0. The van der Waals surface area contributed by atoms with Crippen LogP contribution in [0.2, 0.25) is 0 Å². The lowest BCUT2D eigenvalue weighted by molar-refractivity contribution is 0.0952. The summed E-state index contributed by atoms with van der Waals surface area (Å²) in [5, 5.41) is 2.90. The Balaban J connectivity index is 1.60. The molecule has 0 aromatic carbocycles. The third-order valence-electron chi connectivity index (χ3n) is 3.37. The van der Waals surface area contributed by atoms with Crippen LogP contribution in [-0.4, -0.2) is 21.8 Å². The van der Waals surface area contributed by atoms with Crippen molar-refractivity contribution in [2.75, 3.05) is 6.54 Å². The van der Waals surface area contributed by atoms with E-state index in [4.69, 9.17) is 4.42 Å². The monoisotopic (exact) mass is 283 g/mol. The molecule has 3 aromatic heterocycles. The van der Waals surface area contributed by atoms with Gasteiger partial charge in [-0.2, -0.15) is 0 Å². The van der Waals surface area contributed by atoms with E-state index in [1.54, 1.807) is 13.0 Å². The molecule has 0 aliphatic heterocycles. The fourth-order valence-corrected chi connectivity index (χ4v) is 2.36. The van der Waals surface area contributed by atoms with Gasteiger partial charge in [0.2, 0.25) is 0 Å². The zero-order chi connectivity index (χ0) is 14.8. The molecule has 0 saturated carbocycles. The van der Waals surface area contributed by atoms with Crippen molar-refractivity contribution < 1.29 is 9.21 Å². The highest BCUT2D eigenvalue weighted by molar-refractivity contribution is 5.95. The van der Waals surface area contributed by atoms with Gasteiger partial charge in [0.25, 0.3) is 5.91 Å². The number of carbonyl (C=O) groups is 1. The first kappa shape index (κ1) is 13.4. The van der Waals surface area contributed by atoms with Crippen LogP contribution in [0.3, 0.4) is 0 Å². The molecule has 0 fully saturated rings. The standard InChI is InChI=1S/C16H17N3O2/c1-11-9-14(12(2)21-11)16(20)17-7-6-13-10-19-8-4-3-5-15(19)18-13/h3-5,8-10H,6-7H2,1-2H3,(H,17,20). The summed E-state index contributed by atoms with van der Waals surface area (Å²) in [5.41, 5.74) is 2.48. The van der Waals surface area contributed by atoms with E-state index in [0.717, 1.165) is 17.1 Å². The van der Waals surface area contributed by atoms with Crippen LogP contribution >= 0.6 is 0 Å². The molecule has 0 aliphatic carbocycles. The molecule has 3 rings (SSSR count). The molecular weight excluding hydrogens is 266 g/mol. The number of carbonyl (C=O) groups excluding carboxylic acids is 1. The molecule has 3 heterocycles. The summed E-state index contributed by atoms with van der Waals surface area (Å²) < 4.78 is 7.34. The Morgan fingerprint density at radius 2 is 2.24 bits per heavy atom. The van der Waals surface area contributed by atoms with E-state index in [2.05, 4.69) is 10.3 Å². The fraction of sp³-hybridized carbons (Fsp3) is 0.250. The summed E-state index contributed by atoms with van der Waals surface area (Å²) in [4.78, 5) is 16.5. The molecule has 3 aromatic rings. The number of rotatable bonds is 4. The topological polar surface area (TPSA) is 59.5 Å². The number of hydrogen-bond donors (Lipinski definition) is 1. The molecule has 5 nitrogen and oxygen atoms in total. The third-order valence-corrected chi connectivity index (χ3v) is 3.37. The number of amides is 1. The molecule has 0 atom stereocenters. The van der Waals surface area contributed by atoms with E-state index in [-0.39, 0.29) is 5.91 Å². The highest BCUT2D eigenvalue weighted by Gasteiger charge is 2.12. The molecule has 0 saturated heterocycles. The van der Waals surface area contributed by atoms with E-state index in [9.17, 15) is 4.79 Å². The second-order valence-electron chi connectivity index (χ2n) is 5.03. The molecule has 0 unspecified atom stereocenters. The smallest absolute Gasteiger partial charge is 0.254 e. The average molecular weight is 283 g/mol. The van der Waals surface area contributed by atoms with Gasteiger partial charge in [0.1, 0.15) is 17.2 Å². The van der Waals surface area contributed by atoms with Gasteiger partial charge in [0.05, 0.1) is 11.3 Å². The van der Waals surface area contributed by atoms with Crippen molar-refractivity contribution in [1.82, 2.24) is 14.7 Å². The first-order chi connectivity index (χ1) is 10.1. The number of imidazole rings is 1. The van der Waals surface area contributed by atoms with Crippen LogP contribution in [0.15, 0.2) is 41.1 Å². The van der Waals surface area contributed by atoms with Gasteiger partial charge in [0, 0.05) is 25.4 Å². The minimum atomic E-state index is -0.104. The van der Waals surface area contributed by atoms with Gasteiger partial charge in [-0.05, 0) is 32.0 Å². The minimum absolute atomic E-state index is 0.104. The number of aromatic nitrogens is 2. The van der Waals surface area contributed by atoms with Gasteiger partial charge in [-0.15, -0.1) is 0 Å². The number of nitrogens with zero attached hydrogens (tertiary/aromatic N) is 2. The molecule has 108 valence electrons. The molecular formula is C16H17N3O2. The molecule has 0 spiro atoms. The zero-order valence-corrected chi connectivity index (χ0v) is 12.1. The predicted octanol–water partition coefficient (Wildman–Crippen LogP) is 2.52. The van der Waals surface area contributed by atoms with Gasteiger partial charge in [-0.25, -0.2) is 4.98 Å². The number of furan rings is 1. The molecule has 0 aliphatic rings. The van der Waals surface area contributed by atoms with Crippen LogP contribution < -0.4 is 5.32 Å². The second-order valence-corrected chi connectivity index (χ2v) is 5.03. The maximum absolute atomic E-state index is 12.0. The molecule has 5 heteroatoms. The summed E-state index contributed by atoms with van der Waals surface area (Å²) >= 11 is 0. The lowest BCUT2D eigenvalue weighted by Crippen LogP contribution is -2.25. The fourth-order valence-electron chi connectivity index (χ4n) is 2.36. The second kappa shape index (κ2) is 5.44. The first-order valence-corrected chi connectivity index (χ1v) is 6.91. The molecule has 1 N–H and O–H groups in total.